The van der Waals surface area contributed by atoms with Crippen LogP contribution >= 0.6 is 0 Å². The van der Waals surface area contributed by atoms with Crippen molar-refractivity contribution in [1.82, 2.24) is 9.88 Å². The van der Waals surface area contributed by atoms with Gasteiger partial charge in [0, 0.05) is 51.8 Å². The summed E-state index contributed by atoms with van der Waals surface area (Å²) in [6.45, 7) is 7.86. The van der Waals surface area contributed by atoms with Crippen LogP contribution in [0.2, 0.25) is 0 Å². The van der Waals surface area contributed by atoms with E-state index in [2.05, 4.69) is 28.9 Å². The Bertz CT molecular complexity index is 432. The van der Waals surface area contributed by atoms with Crippen LogP contribution in [0, 0.1) is 5.92 Å². The first kappa shape index (κ1) is 14.9. The molecule has 0 bridgehead atoms. The van der Waals surface area contributed by atoms with Gasteiger partial charge in [0.25, 0.3) is 0 Å². The van der Waals surface area contributed by atoms with Gasteiger partial charge in [0.05, 0.1) is 5.60 Å². The van der Waals surface area contributed by atoms with Crippen LogP contribution < -0.4 is 0 Å². The van der Waals surface area contributed by atoms with E-state index in [1.54, 1.807) is 0 Å². The van der Waals surface area contributed by atoms with Gasteiger partial charge in [-0.1, -0.05) is 0 Å². The normalized spacial score (nSPS) is 24.9. The van der Waals surface area contributed by atoms with E-state index in [1.165, 1.54) is 24.8 Å². The highest BCUT2D eigenvalue weighted by molar-refractivity contribution is 5.12. The third-order valence-corrected chi connectivity index (χ3v) is 4.65. The molecule has 0 aliphatic carbocycles. The molecule has 2 fully saturated rings. The van der Waals surface area contributed by atoms with E-state index in [1.807, 2.05) is 12.4 Å². The first-order valence-corrected chi connectivity index (χ1v) is 8.13. The molecule has 4 nitrogen and oxygen atoms in total. The molecule has 3 heterocycles. The quantitative estimate of drug-likeness (QED) is 0.754. The number of aromatic nitrogens is 1. The predicted octanol–water partition coefficient (Wildman–Crippen LogP) is 2.49. The van der Waals surface area contributed by atoms with E-state index in [9.17, 15) is 0 Å². The average Bonchev–Trinajstić information content (AvgIpc) is 2.48. The van der Waals surface area contributed by atoms with Gasteiger partial charge in [-0.25, -0.2) is 0 Å². The van der Waals surface area contributed by atoms with Crippen molar-refractivity contribution in [3.8, 4) is 0 Å². The monoisotopic (exact) mass is 290 g/mol. The van der Waals surface area contributed by atoms with E-state index >= 15 is 0 Å². The van der Waals surface area contributed by atoms with Crippen molar-refractivity contribution >= 4 is 0 Å². The number of rotatable bonds is 6. The van der Waals surface area contributed by atoms with Crippen LogP contribution in [-0.4, -0.2) is 48.4 Å². The fourth-order valence-corrected chi connectivity index (χ4v) is 3.62. The number of hydrogen-bond donors (Lipinski definition) is 0. The van der Waals surface area contributed by atoms with Crippen molar-refractivity contribution in [3.05, 3.63) is 30.1 Å². The Balaban J connectivity index is 1.45. The van der Waals surface area contributed by atoms with Gasteiger partial charge in [-0.05, 0) is 49.8 Å². The lowest BCUT2D eigenvalue weighted by molar-refractivity contribution is -0.182. The molecule has 0 N–H and O–H groups in total. The molecule has 0 aromatic carbocycles. The van der Waals surface area contributed by atoms with Gasteiger partial charge in [0.2, 0.25) is 0 Å². The number of hydrogen-bond acceptors (Lipinski definition) is 4. The third-order valence-electron chi connectivity index (χ3n) is 4.65. The van der Waals surface area contributed by atoms with Crippen LogP contribution in [-0.2, 0) is 16.0 Å². The van der Waals surface area contributed by atoms with Gasteiger partial charge in [0.1, 0.15) is 0 Å². The van der Waals surface area contributed by atoms with Crippen molar-refractivity contribution < 1.29 is 9.47 Å². The second-order valence-electron chi connectivity index (χ2n) is 6.38. The molecule has 1 spiro atoms. The standard InChI is InChI=1S/C17H26N2O2/c1-2-20-9-5-15-6-10-21-17(11-15)13-19(14-17)12-16-3-7-18-8-4-16/h3-4,7-8,15H,2,5-6,9-14H2,1H3. The maximum atomic E-state index is 6.11. The summed E-state index contributed by atoms with van der Waals surface area (Å²) in [6, 6.07) is 4.19. The van der Waals surface area contributed by atoms with Crippen LogP contribution in [0.4, 0.5) is 0 Å². The molecule has 1 unspecified atom stereocenters. The molecular weight excluding hydrogens is 264 g/mol. The number of ether oxygens (including phenoxy) is 2. The number of likely N-dealkylation sites (tertiary alicyclic amines) is 1. The summed E-state index contributed by atoms with van der Waals surface area (Å²) in [5, 5.41) is 0. The minimum atomic E-state index is 0.127. The minimum Gasteiger partial charge on any atom is -0.382 e. The summed E-state index contributed by atoms with van der Waals surface area (Å²) in [5.41, 5.74) is 1.46. The molecule has 21 heavy (non-hydrogen) atoms. The highest BCUT2D eigenvalue weighted by Crippen LogP contribution is 2.38. The summed E-state index contributed by atoms with van der Waals surface area (Å²) in [7, 11) is 0. The van der Waals surface area contributed by atoms with Crippen LogP contribution in [0.25, 0.3) is 0 Å². The second kappa shape index (κ2) is 6.86. The van der Waals surface area contributed by atoms with Gasteiger partial charge in [0.15, 0.2) is 0 Å². The second-order valence-corrected chi connectivity index (χ2v) is 6.38. The molecule has 3 rings (SSSR count). The summed E-state index contributed by atoms with van der Waals surface area (Å²) >= 11 is 0. The van der Waals surface area contributed by atoms with Crippen molar-refractivity contribution in [2.45, 2.75) is 38.3 Å². The molecule has 2 saturated heterocycles. The molecule has 2 aliphatic rings. The lowest BCUT2D eigenvalue weighted by Crippen LogP contribution is -2.64. The molecule has 0 radical (unpaired) electrons. The van der Waals surface area contributed by atoms with Crippen molar-refractivity contribution in [2.24, 2.45) is 5.92 Å². The molecule has 1 aromatic rings. The third kappa shape index (κ3) is 3.82. The van der Waals surface area contributed by atoms with Crippen LogP contribution in [0.3, 0.4) is 0 Å². The summed E-state index contributed by atoms with van der Waals surface area (Å²) in [6.07, 6.45) is 7.31. The van der Waals surface area contributed by atoms with Crippen molar-refractivity contribution in [1.29, 1.82) is 0 Å². The Labute approximate surface area is 127 Å². The Kier molecular flexibility index (Phi) is 4.88. The lowest BCUT2D eigenvalue weighted by Gasteiger charge is -2.53. The maximum Gasteiger partial charge on any atom is 0.0937 e. The lowest BCUT2D eigenvalue weighted by atomic mass is 9.79. The van der Waals surface area contributed by atoms with E-state index in [4.69, 9.17) is 9.47 Å². The largest absolute Gasteiger partial charge is 0.382 e. The Morgan fingerprint density at radius 1 is 1.38 bits per heavy atom. The van der Waals surface area contributed by atoms with Crippen molar-refractivity contribution in [2.75, 3.05) is 32.9 Å². The topological polar surface area (TPSA) is 34.6 Å². The van der Waals surface area contributed by atoms with Gasteiger partial charge < -0.3 is 9.47 Å². The van der Waals surface area contributed by atoms with Gasteiger partial charge >= 0.3 is 0 Å². The summed E-state index contributed by atoms with van der Waals surface area (Å²) in [4.78, 5) is 6.54. The van der Waals surface area contributed by atoms with E-state index < -0.39 is 0 Å². The predicted molar refractivity (Wildman–Crippen MR) is 82.0 cm³/mol. The molecule has 4 heteroatoms. The van der Waals surface area contributed by atoms with Crippen LogP contribution in [0.1, 0.15) is 31.7 Å². The smallest absolute Gasteiger partial charge is 0.0937 e. The van der Waals surface area contributed by atoms with E-state index in [0.29, 0.717) is 0 Å². The zero-order valence-electron chi connectivity index (χ0n) is 13.0. The zero-order valence-corrected chi connectivity index (χ0v) is 13.0. The molecule has 0 saturated carbocycles. The maximum absolute atomic E-state index is 6.11. The summed E-state index contributed by atoms with van der Waals surface area (Å²) in [5.74, 6) is 0.772. The first-order valence-electron chi connectivity index (χ1n) is 8.13. The molecule has 0 amide bonds. The Morgan fingerprint density at radius 3 is 2.95 bits per heavy atom. The SMILES string of the molecule is CCOCCC1CCOC2(C1)CN(Cc1ccncc1)C2. The molecule has 1 aromatic heterocycles. The van der Waals surface area contributed by atoms with Gasteiger partial charge in [-0.15, -0.1) is 0 Å². The summed E-state index contributed by atoms with van der Waals surface area (Å²) < 4.78 is 11.6. The fraction of sp³-hybridized carbons (Fsp3) is 0.706. The Hall–Kier alpha value is -0.970. The highest BCUT2D eigenvalue weighted by Gasteiger charge is 2.46. The fourth-order valence-electron chi connectivity index (χ4n) is 3.62. The van der Waals surface area contributed by atoms with Crippen LogP contribution in [0.15, 0.2) is 24.5 Å². The average molecular weight is 290 g/mol. The molecule has 2 aliphatic heterocycles. The zero-order chi connectivity index (χ0) is 14.5. The molecular formula is C17H26N2O2. The molecule has 1 atom stereocenters. The first-order chi connectivity index (χ1) is 10.3. The minimum absolute atomic E-state index is 0.127. The van der Waals surface area contributed by atoms with Crippen molar-refractivity contribution in [3.63, 3.8) is 0 Å². The van der Waals surface area contributed by atoms with Gasteiger partial charge in [-0.2, -0.15) is 0 Å². The van der Waals surface area contributed by atoms with Gasteiger partial charge in [-0.3, -0.25) is 9.88 Å². The highest BCUT2D eigenvalue weighted by atomic mass is 16.5. The number of pyridine rings is 1. The number of nitrogens with zero attached hydrogens (tertiary/aromatic N) is 2. The van der Waals surface area contributed by atoms with E-state index in [0.717, 1.165) is 45.4 Å². The molecule has 116 valence electrons. The Morgan fingerprint density at radius 2 is 2.19 bits per heavy atom. The van der Waals surface area contributed by atoms with Crippen LogP contribution in [0.5, 0.6) is 0 Å². The van der Waals surface area contributed by atoms with E-state index in [-0.39, 0.29) is 5.60 Å².